The largest absolute Gasteiger partial charge is 0.393 e. The first-order valence-electron chi connectivity index (χ1n) is 5.99. The van der Waals surface area contributed by atoms with Gasteiger partial charge in [0.25, 0.3) is 0 Å². The van der Waals surface area contributed by atoms with Crippen molar-refractivity contribution in [3.8, 4) is 0 Å². The molecule has 2 unspecified atom stereocenters. The monoisotopic (exact) mass is 244 g/mol. The van der Waals surface area contributed by atoms with Crippen LogP contribution in [0.5, 0.6) is 0 Å². The molecule has 1 fully saturated rings. The standard InChI is InChI=1S/C12H24N2OS/c1-9-7-14(8-10(2)15-9)6-5-12(3,4)11(13)16/h9-10H,5-8H2,1-4H3,(H2,13,16). The Hall–Kier alpha value is -0.190. The molecule has 0 aliphatic carbocycles. The molecule has 16 heavy (non-hydrogen) atoms. The molecule has 1 aliphatic rings. The molecule has 0 aromatic rings. The molecule has 0 radical (unpaired) electrons. The van der Waals surface area contributed by atoms with Crippen molar-refractivity contribution in [1.29, 1.82) is 0 Å². The first kappa shape index (κ1) is 13.9. The Morgan fingerprint density at radius 3 is 2.31 bits per heavy atom. The summed E-state index contributed by atoms with van der Waals surface area (Å²) < 4.78 is 5.70. The van der Waals surface area contributed by atoms with Gasteiger partial charge in [0, 0.05) is 18.5 Å². The molecular weight excluding hydrogens is 220 g/mol. The van der Waals surface area contributed by atoms with Crippen LogP contribution in [-0.4, -0.2) is 41.7 Å². The second-order valence-electron chi connectivity index (χ2n) is 5.52. The van der Waals surface area contributed by atoms with Gasteiger partial charge < -0.3 is 10.5 Å². The lowest BCUT2D eigenvalue weighted by Crippen LogP contribution is -2.47. The predicted molar refractivity (Wildman–Crippen MR) is 71.6 cm³/mol. The third-order valence-electron chi connectivity index (χ3n) is 3.22. The van der Waals surface area contributed by atoms with Crippen LogP contribution in [0.15, 0.2) is 0 Å². The Morgan fingerprint density at radius 1 is 1.38 bits per heavy atom. The van der Waals surface area contributed by atoms with Gasteiger partial charge in [-0.15, -0.1) is 0 Å². The second-order valence-corrected chi connectivity index (χ2v) is 5.95. The summed E-state index contributed by atoms with van der Waals surface area (Å²) >= 11 is 5.08. The average Bonchev–Trinajstić information content (AvgIpc) is 2.13. The highest BCUT2D eigenvalue weighted by atomic mass is 32.1. The van der Waals surface area contributed by atoms with E-state index in [1.165, 1.54) is 0 Å². The summed E-state index contributed by atoms with van der Waals surface area (Å²) in [7, 11) is 0. The van der Waals surface area contributed by atoms with Crippen molar-refractivity contribution in [3.05, 3.63) is 0 Å². The average molecular weight is 244 g/mol. The molecule has 1 rings (SSSR count). The van der Waals surface area contributed by atoms with Crippen molar-refractivity contribution in [2.45, 2.75) is 46.3 Å². The van der Waals surface area contributed by atoms with Crippen LogP contribution >= 0.6 is 12.2 Å². The number of hydrogen-bond acceptors (Lipinski definition) is 3. The Bertz CT molecular complexity index is 245. The summed E-state index contributed by atoms with van der Waals surface area (Å²) in [6.07, 6.45) is 1.68. The van der Waals surface area contributed by atoms with Crippen molar-refractivity contribution in [2.75, 3.05) is 19.6 Å². The fourth-order valence-corrected chi connectivity index (χ4v) is 2.13. The van der Waals surface area contributed by atoms with Crippen molar-refractivity contribution in [3.63, 3.8) is 0 Å². The smallest absolute Gasteiger partial charge is 0.0784 e. The molecule has 0 spiro atoms. The van der Waals surface area contributed by atoms with Gasteiger partial charge in [0.2, 0.25) is 0 Å². The second kappa shape index (κ2) is 5.43. The Labute approximate surface area is 104 Å². The van der Waals surface area contributed by atoms with Gasteiger partial charge in [0.15, 0.2) is 0 Å². The van der Waals surface area contributed by atoms with Crippen LogP contribution in [-0.2, 0) is 4.74 Å². The molecule has 3 nitrogen and oxygen atoms in total. The van der Waals surface area contributed by atoms with Gasteiger partial charge in [-0.05, 0) is 26.8 Å². The first-order chi connectivity index (χ1) is 7.31. The normalized spacial score (nSPS) is 28.0. The van der Waals surface area contributed by atoms with Gasteiger partial charge in [-0.25, -0.2) is 0 Å². The minimum absolute atomic E-state index is 0.0416. The summed E-state index contributed by atoms with van der Waals surface area (Å²) in [6, 6.07) is 0. The Morgan fingerprint density at radius 2 is 1.88 bits per heavy atom. The molecule has 2 atom stereocenters. The number of nitrogens with two attached hydrogens (primary N) is 1. The van der Waals surface area contributed by atoms with E-state index in [9.17, 15) is 0 Å². The summed E-state index contributed by atoms with van der Waals surface area (Å²) in [4.78, 5) is 3.06. The van der Waals surface area contributed by atoms with Crippen molar-refractivity contribution < 1.29 is 4.74 Å². The van der Waals surface area contributed by atoms with Crippen molar-refractivity contribution >= 4 is 17.2 Å². The van der Waals surface area contributed by atoms with E-state index in [-0.39, 0.29) is 5.41 Å². The molecular formula is C12H24N2OS. The number of morpholine rings is 1. The van der Waals surface area contributed by atoms with Gasteiger partial charge in [-0.1, -0.05) is 26.1 Å². The first-order valence-corrected chi connectivity index (χ1v) is 6.40. The molecule has 1 heterocycles. The van der Waals surface area contributed by atoms with E-state index >= 15 is 0 Å². The van der Waals surface area contributed by atoms with Gasteiger partial charge in [-0.2, -0.15) is 0 Å². The molecule has 0 amide bonds. The summed E-state index contributed by atoms with van der Waals surface area (Å²) in [6.45, 7) is 11.5. The van der Waals surface area contributed by atoms with Crippen LogP contribution in [0.2, 0.25) is 0 Å². The van der Waals surface area contributed by atoms with E-state index in [1.54, 1.807) is 0 Å². The van der Waals surface area contributed by atoms with Crippen LogP contribution in [0.4, 0.5) is 0 Å². The Balaban J connectivity index is 2.40. The fraction of sp³-hybridized carbons (Fsp3) is 0.917. The SMILES string of the molecule is CC1CN(CCC(C)(C)C(N)=S)CC(C)O1. The van der Waals surface area contributed by atoms with Gasteiger partial charge in [0.1, 0.15) is 0 Å². The topological polar surface area (TPSA) is 38.5 Å². The third kappa shape index (κ3) is 4.00. The zero-order valence-corrected chi connectivity index (χ0v) is 11.6. The van der Waals surface area contributed by atoms with E-state index in [4.69, 9.17) is 22.7 Å². The number of nitrogens with zero attached hydrogens (tertiary/aromatic N) is 1. The number of thiocarbonyl (C=S) groups is 1. The van der Waals surface area contributed by atoms with E-state index in [0.29, 0.717) is 17.2 Å². The number of ether oxygens (including phenoxy) is 1. The molecule has 0 bridgehead atoms. The third-order valence-corrected chi connectivity index (χ3v) is 3.77. The minimum Gasteiger partial charge on any atom is -0.393 e. The maximum Gasteiger partial charge on any atom is 0.0784 e. The quantitative estimate of drug-likeness (QED) is 0.765. The molecule has 4 heteroatoms. The van der Waals surface area contributed by atoms with Crippen LogP contribution in [0.3, 0.4) is 0 Å². The minimum atomic E-state index is -0.0416. The molecule has 0 saturated carbocycles. The van der Waals surface area contributed by atoms with Crippen LogP contribution in [0.25, 0.3) is 0 Å². The maximum absolute atomic E-state index is 5.73. The lowest BCUT2D eigenvalue weighted by Gasteiger charge is -2.37. The molecule has 1 aliphatic heterocycles. The highest BCUT2D eigenvalue weighted by Crippen LogP contribution is 2.22. The van der Waals surface area contributed by atoms with E-state index in [2.05, 4.69) is 32.6 Å². The number of rotatable bonds is 4. The molecule has 2 N–H and O–H groups in total. The maximum atomic E-state index is 5.73. The van der Waals surface area contributed by atoms with Crippen molar-refractivity contribution in [1.82, 2.24) is 4.90 Å². The lowest BCUT2D eigenvalue weighted by molar-refractivity contribution is -0.0692. The van der Waals surface area contributed by atoms with Gasteiger partial charge in [-0.3, -0.25) is 4.90 Å². The van der Waals surface area contributed by atoms with E-state index < -0.39 is 0 Å². The Kier molecular flexibility index (Phi) is 4.71. The van der Waals surface area contributed by atoms with Gasteiger partial charge in [0.05, 0.1) is 17.2 Å². The fourth-order valence-electron chi connectivity index (χ4n) is 2.03. The molecule has 0 aromatic heterocycles. The van der Waals surface area contributed by atoms with Crippen LogP contribution in [0, 0.1) is 5.41 Å². The van der Waals surface area contributed by atoms with Crippen molar-refractivity contribution in [2.24, 2.45) is 11.1 Å². The van der Waals surface area contributed by atoms with Crippen LogP contribution < -0.4 is 5.73 Å². The molecule has 0 aromatic carbocycles. The lowest BCUT2D eigenvalue weighted by atomic mass is 9.89. The summed E-state index contributed by atoms with van der Waals surface area (Å²) in [5.74, 6) is 0. The highest BCUT2D eigenvalue weighted by molar-refractivity contribution is 7.80. The zero-order valence-electron chi connectivity index (χ0n) is 10.8. The zero-order chi connectivity index (χ0) is 12.3. The van der Waals surface area contributed by atoms with Gasteiger partial charge >= 0.3 is 0 Å². The highest BCUT2D eigenvalue weighted by Gasteiger charge is 2.26. The molecule has 1 saturated heterocycles. The molecule has 94 valence electrons. The summed E-state index contributed by atoms with van der Waals surface area (Å²) in [5, 5.41) is 0. The predicted octanol–water partition coefficient (Wildman–Crippen LogP) is 1.80. The van der Waals surface area contributed by atoms with Crippen LogP contribution in [0.1, 0.15) is 34.1 Å². The van der Waals surface area contributed by atoms with E-state index in [1.807, 2.05) is 0 Å². The summed E-state index contributed by atoms with van der Waals surface area (Å²) in [5.41, 5.74) is 5.69. The number of hydrogen-bond donors (Lipinski definition) is 1. The van der Waals surface area contributed by atoms with E-state index in [0.717, 1.165) is 26.1 Å².